The van der Waals surface area contributed by atoms with Crippen LogP contribution < -0.4 is 5.32 Å². The quantitative estimate of drug-likeness (QED) is 0.590. The molecule has 3 aromatic rings. The summed E-state index contributed by atoms with van der Waals surface area (Å²) in [7, 11) is 0. The Morgan fingerprint density at radius 2 is 1.67 bits per heavy atom. The molecule has 30 heavy (non-hydrogen) atoms. The van der Waals surface area contributed by atoms with Gasteiger partial charge in [0.05, 0.1) is 6.04 Å². The SMILES string of the molecule is CCC(c1ccccc1)N1C(=O)c2ccccc2C1C(=O)NCc1ccccc1Cl. The molecule has 0 aliphatic carbocycles. The van der Waals surface area contributed by atoms with Gasteiger partial charge in [0.25, 0.3) is 5.91 Å². The van der Waals surface area contributed by atoms with Gasteiger partial charge in [0.2, 0.25) is 5.91 Å². The number of fused-ring (bicyclic) bond motifs is 1. The second-order valence-corrected chi connectivity index (χ2v) is 7.75. The highest BCUT2D eigenvalue weighted by molar-refractivity contribution is 6.31. The van der Waals surface area contributed by atoms with Crippen LogP contribution in [0.3, 0.4) is 0 Å². The van der Waals surface area contributed by atoms with Gasteiger partial charge in [0.15, 0.2) is 0 Å². The monoisotopic (exact) mass is 418 g/mol. The first-order valence-electron chi connectivity index (χ1n) is 10.1. The van der Waals surface area contributed by atoms with Crippen LogP contribution in [0.15, 0.2) is 78.9 Å². The Kier molecular flexibility index (Phi) is 5.86. The summed E-state index contributed by atoms with van der Waals surface area (Å²) in [5.74, 6) is -0.318. The molecule has 0 saturated heterocycles. The van der Waals surface area contributed by atoms with Gasteiger partial charge in [0, 0.05) is 17.1 Å². The lowest BCUT2D eigenvalue weighted by Crippen LogP contribution is -2.40. The first-order valence-corrected chi connectivity index (χ1v) is 10.5. The van der Waals surface area contributed by atoms with Crippen LogP contribution in [-0.4, -0.2) is 16.7 Å². The number of hydrogen-bond donors (Lipinski definition) is 1. The Labute approximate surface area is 181 Å². The van der Waals surface area contributed by atoms with Gasteiger partial charge in [-0.15, -0.1) is 0 Å². The first kappa shape index (κ1) is 20.2. The van der Waals surface area contributed by atoms with Gasteiger partial charge in [-0.1, -0.05) is 85.3 Å². The summed E-state index contributed by atoms with van der Waals surface area (Å²) < 4.78 is 0. The molecule has 152 valence electrons. The van der Waals surface area contributed by atoms with E-state index < -0.39 is 6.04 Å². The number of carbonyl (C=O) groups is 2. The third-order valence-electron chi connectivity index (χ3n) is 5.56. The molecule has 1 heterocycles. The zero-order valence-electron chi connectivity index (χ0n) is 16.7. The van der Waals surface area contributed by atoms with Crippen molar-refractivity contribution in [2.75, 3.05) is 0 Å². The molecule has 0 spiro atoms. The summed E-state index contributed by atoms with van der Waals surface area (Å²) in [5, 5.41) is 3.59. The highest BCUT2D eigenvalue weighted by Crippen LogP contribution is 2.41. The minimum atomic E-state index is -0.679. The molecule has 5 heteroatoms. The summed E-state index contributed by atoms with van der Waals surface area (Å²) in [6, 6.07) is 23.8. The fraction of sp³-hybridized carbons (Fsp3) is 0.200. The van der Waals surface area contributed by atoms with E-state index >= 15 is 0 Å². The molecular weight excluding hydrogens is 396 g/mol. The molecule has 2 atom stereocenters. The summed E-state index contributed by atoms with van der Waals surface area (Å²) >= 11 is 6.24. The molecule has 1 aliphatic rings. The zero-order valence-corrected chi connectivity index (χ0v) is 17.5. The maximum absolute atomic E-state index is 13.4. The van der Waals surface area contributed by atoms with Gasteiger partial charge < -0.3 is 10.2 Å². The zero-order chi connectivity index (χ0) is 21.1. The van der Waals surface area contributed by atoms with E-state index in [0.29, 0.717) is 23.6 Å². The topological polar surface area (TPSA) is 49.4 Å². The second-order valence-electron chi connectivity index (χ2n) is 7.35. The fourth-order valence-corrected chi connectivity index (χ4v) is 4.32. The lowest BCUT2D eigenvalue weighted by Gasteiger charge is -2.32. The summed E-state index contributed by atoms with van der Waals surface area (Å²) in [4.78, 5) is 28.4. The normalized spacial score (nSPS) is 16.3. The predicted molar refractivity (Wildman–Crippen MR) is 118 cm³/mol. The summed E-state index contributed by atoms with van der Waals surface area (Å²) in [5.41, 5.74) is 3.19. The molecule has 2 unspecified atom stereocenters. The van der Waals surface area contributed by atoms with E-state index in [4.69, 9.17) is 11.6 Å². The Morgan fingerprint density at radius 3 is 2.40 bits per heavy atom. The van der Waals surface area contributed by atoms with E-state index in [0.717, 1.165) is 16.7 Å². The van der Waals surface area contributed by atoms with Crippen molar-refractivity contribution in [3.8, 4) is 0 Å². The van der Waals surface area contributed by atoms with Crippen molar-refractivity contribution in [1.29, 1.82) is 0 Å². The second kappa shape index (κ2) is 8.72. The Bertz CT molecular complexity index is 1070. The third kappa shape index (κ3) is 3.71. The van der Waals surface area contributed by atoms with E-state index in [9.17, 15) is 9.59 Å². The number of benzene rings is 3. The number of amides is 2. The average molecular weight is 419 g/mol. The van der Waals surface area contributed by atoms with Crippen LogP contribution in [0.4, 0.5) is 0 Å². The van der Waals surface area contributed by atoms with Gasteiger partial charge in [-0.2, -0.15) is 0 Å². The van der Waals surface area contributed by atoms with Crippen molar-refractivity contribution < 1.29 is 9.59 Å². The molecule has 0 fully saturated rings. The number of carbonyl (C=O) groups excluding carboxylic acids is 2. The molecule has 0 bridgehead atoms. The number of rotatable bonds is 6. The third-order valence-corrected chi connectivity index (χ3v) is 5.93. The van der Waals surface area contributed by atoms with Crippen LogP contribution in [0.2, 0.25) is 5.02 Å². The van der Waals surface area contributed by atoms with Crippen molar-refractivity contribution in [3.63, 3.8) is 0 Å². The van der Waals surface area contributed by atoms with E-state index in [1.165, 1.54) is 0 Å². The van der Waals surface area contributed by atoms with E-state index in [-0.39, 0.29) is 17.9 Å². The average Bonchev–Trinajstić information content (AvgIpc) is 3.07. The molecule has 0 saturated carbocycles. The fourth-order valence-electron chi connectivity index (χ4n) is 4.11. The number of halogens is 1. The lowest BCUT2D eigenvalue weighted by atomic mass is 10.00. The van der Waals surface area contributed by atoms with Crippen molar-refractivity contribution in [3.05, 3.63) is 106 Å². The highest BCUT2D eigenvalue weighted by Gasteiger charge is 2.44. The van der Waals surface area contributed by atoms with Crippen LogP contribution in [0.25, 0.3) is 0 Å². The molecular formula is C25H23ClN2O2. The number of nitrogens with one attached hydrogen (secondary N) is 1. The molecule has 1 aliphatic heterocycles. The number of hydrogen-bond acceptors (Lipinski definition) is 2. The van der Waals surface area contributed by atoms with Crippen LogP contribution in [0.5, 0.6) is 0 Å². The maximum atomic E-state index is 13.4. The minimum absolute atomic E-state index is 0.112. The van der Waals surface area contributed by atoms with E-state index in [1.54, 1.807) is 17.0 Å². The van der Waals surface area contributed by atoms with E-state index in [1.807, 2.05) is 73.7 Å². The minimum Gasteiger partial charge on any atom is -0.350 e. The molecule has 3 aromatic carbocycles. The van der Waals surface area contributed by atoms with Crippen molar-refractivity contribution in [2.45, 2.75) is 32.0 Å². The van der Waals surface area contributed by atoms with Gasteiger partial charge in [-0.3, -0.25) is 9.59 Å². The Balaban J connectivity index is 1.67. The molecule has 1 N–H and O–H groups in total. The Morgan fingerprint density at radius 1 is 1.00 bits per heavy atom. The highest BCUT2D eigenvalue weighted by atomic mass is 35.5. The summed E-state index contributed by atoms with van der Waals surface area (Å²) in [6.45, 7) is 2.34. The first-order chi connectivity index (χ1) is 14.6. The van der Waals surface area contributed by atoms with Crippen LogP contribution in [-0.2, 0) is 11.3 Å². The molecule has 0 radical (unpaired) electrons. The van der Waals surface area contributed by atoms with Gasteiger partial charge >= 0.3 is 0 Å². The van der Waals surface area contributed by atoms with Gasteiger partial charge in [0.1, 0.15) is 6.04 Å². The molecule has 0 aromatic heterocycles. The van der Waals surface area contributed by atoms with Crippen LogP contribution in [0, 0.1) is 0 Å². The number of nitrogens with zero attached hydrogens (tertiary/aromatic N) is 1. The lowest BCUT2D eigenvalue weighted by molar-refractivity contribution is -0.126. The molecule has 2 amide bonds. The largest absolute Gasteiger partial charge is 0.350 e. The molecule has 4 nitrogen and oxygen atoms in total. The predicted octanol–water partition coefficient (Wildman–Crippen LogP) is 5.30. The van der Waals surface area contributed by atoms with Crippen molar-refractivity contribution in [1.82, 2.24) is 10.2 Å². The van der Waals surface area contributed by atoms with Gasteiger partial charge in [-0.05, 0) is 35.2 Å². The van der Waals surface area contributed by atoms with Crippen LogP contribution in [0.1, 0.15) is 52.5 Å². The summed E-state index contributed by atoms with van der Waals surface area (Å²) in [6.07, 6.45) is 0.706. The van der Waals surface area contributed by atoms with Crippen molar-refractivity contribution in [2.24, 2.45) is 0 Å². The molecule has 4 rings (SSSR count). The maximum Gasteiger partial charge on any atom is 0.255 e. The van der Waals surface area contributed by atoms with Crippen molar-refractivity contribution >= 4 is 23.4 Å². The van der Waals surface area contributed by atoms with Crippen LogP contribution >= 0.6 is 11.6 Å². The smallest absolute Gasteiger partial charge is 0.255 e. The Hall–Kier alpha value is -3.11. The van der Waals surface area contributed by atoms with Gasteiger partial charge in [-0.25, -0.2) is 0 Å². The standard InChI is InChI=1S/C25H23ClN2O2/c1-2-22(17-10-4-3-5-11-17)28-23(19-13-7-8-14-20(19)25(28)30)24(29)27-16-18-12-6-9-15-21(18)26/h3-15,22-23H,2,16H2,1H3,(H,27,29). The van der Waals surface area contributed by atoms with E-state index in [2.05, 4.69) is 5.32 Å².